The number of fused-ring (bicyclic) bond motifs is 2. The van der Waals surface area contributed by atoms with Crippen molar-refractivity contribution in [2.24, 2.45) is 0 Å². The summed E-state index contributed by atoms with van der Waals surface area (Å²) in [6.07, 6.45) is 4.66. The molecular weight excluding hydrogens is 304 g/mol. The van der Waals surface area contributed by atoms with Crippen LogP contribution in [0.15, 0.2) is 6.07 Å². The van der Waals surface area contributed by atoms with Gasteiger partial charge in [0.05, 0.1) is 13.2 Å². The Hall–Kier alpha value is -1.91. The minimum atomic E-state index is 0.0418. The summed E-state index contributed by atoms with van der Waals surface area (Å²) in [7, 11) is 0. The van der Waals surface area contributed by atoms with Crippen molar-refractivity contribution in [2.75, 3.05) is 32.8 Å². The number of amides is 2. The normalized spacial score (nSPS) is 14.6. The van der Waals surface area contributed by atoms with E-state index in [1.165, 1.54) is 16.7 Å². The number of nitrogens with one attached hydrogen (secondary N) is 1. The van der Waals surface area contributed by atoms with Gasteiger partial charge in [0.1, 0.15) is 11.5 Å². The average molecular weight is 332 g/mol. The SMILES string of the molecule is CCCN(CCC)C(=O)NCCc1c2c(cc3c1OCC3)OCC2. The van der Waals surface area contributed by atoms with Gasteiger partial charge in [-0.3, -0.25) is 0 Å². The highest BCUT2D eigenvalue weighted by atomic mass is 16.5. The first-order valence-electron chi connectivity index (χ1n) is 9.20. The molecule has 0 radical (unpaired) electrons. The highest BCUT2D eigenvalue weighted by Crippen LogP contribution is 2.40. The maximum atomic E-state index is 12.3. The van der Waals surface area contributed by atoms with Crippen LogP contribution in [0.2, 0.25) is 0 Å². The highest BCUT2D eigenvalue weighted by molar-refractivity contribution is 5.74. The third kappa shape index (κ3) is 3.45. The summed E-state index contributed by atoms with van der Waals surface area (Å²) in [5, 5.41) is 3.07. The van der Waals surface area contributed by atoms with E-state index in [2.05, 4.69) is 25.2 Å². The van der Waals surface area contributed by atoms with E-state index in [9.17, 15) is 4.79 Å². The maximum absolute atomic E-state index is 12.3. The molecule has 1 N–H and O–H groups in total. The first kappa shape index (κ1) is 16.9. The van der Waals surface area contributed by atoms with Crippen LogP contribution < -0.4 is 14.8 Å². The zero-order chi connectivity index (χ0) is 16.9. The summed E-state index contributed by atoms with van der Waals surface area (Å²) in [5.41, 5.74) is 3.75. The Kier molecular flexibility index (Phi) is 5.48. The number of carbonyl (C=O) groups is 1. The predicted octanol–water partition coefficient (Wildman–Crippen LogP) is 2.93. The molecule has 0 saturated carbocycles. The van der Waals surface area contributed by atoms with Gasteiger partial charge in [-0.1, -0.05) is 13.8 Å². The van der Waals surface area contributed by atoms with E-state index in [0.29, 0.717) is 6.54 Å². The lowest BCUT2D eigenvalue weighted by atomic mass is 9.97. The minimum absolute atomic E-state index is 0.0418. The van der Waals surface area contributed by atoms with E-state index in [4.69, 9.17) is 9.47 Å². The lowest BCUT2D eigenvalue weighted by Gasteiger charge is -2.22. The minimum Gasteiger partial charge on any atom is -0.493 e. The van der Waals surface area contributed by atoms with E-state index in [-0.39, 0.29) is 6.03 Å². The summed E-state index contributed by atoms with van der Waals surface area (Å²) in [4.78, 5) is 14.2. The molecule has 0 aromatic heterocycles. The van der Waals surface area contributed by atoms with E-state index < -0.39 is 0 Å². The van der Waals surface area contributed by atoms with Gasteiger partial charge in [0.2, 0.25) is 0 Å². The second-order valence-corrected chi connectivity index (χ2v) is 6.49. The number of rotatable bonds is 7. The van der Waals surface area contributed by atoms with Gasteiger partial charge >= 0.3 is 6.03 Å². The van der Waals surface area contributed by atoms with Crippen LogP contribution in [0.4, 0.5) is 4.79 Å². The molecule has 2 heterocycles. The molecule has 2 amide bonds. The molecular formula is C19H28N2O3. The molecule has 3 rings (SSSR count). The fourth-order valence-electron chi connectivity index (χ4n) is 3.61. The van der Waals surface area contributed by atoms with Gasteiger partial charge in [-0.2, -0.15) is 0 Å². The molecule has 0 atom stereocenters. The van der Waals surface area contributed by atoms with Crippen molar-refractivity contribution in [2.45, 2.75) is 46.0 Å². The number of urea groups is 1. The van der Waals surface area contributed by atoms with Gasteiger partial charge in [0.25, 0.3) is 0 Å². The molecule has 0 fully saturated rings. The van der Waals surface area contributed by atoms with Crippen LogP contribution in [-0.2, 0) is 19.3 Å². The lowest BCUT2D eigenvalue weighted by Crippen LogP contribution is -2.41. The van der Waals surface area contributed by atoms with Crippen LogP contribution in [0, 0.1) is 0 Å². The Morgan fingerprint density at radius 2 is 1.92 bits per heavy atom. The van der Waals surface area contributed by atoms with Crippen molar-refractivity contribution in [3.63, 3.8) is 0 Å². The molecule has 24 heavy (non-hydrogen) atoms. The number of hydrogen-bond acceptors (Lipinski definition) is 3. The largest absolute Gasteiger partial charge is 0.493 e. The summed E-state index contributed by atoms with van der Waals surface area (Å²) in [6, 6.07) is 2.18. The predicted molar refractivity (Wildman–Crippen MR) is 94.1 cm³/mol. The van der Waals surface area contributed by atoms with E-state index in [1.807, 2.05) is 4.90 Å². The maximum Gasteiger partial charge on any atom is 0.317 e. The van der Waals surface area contributed by atoms with Gasteiger partial charge in [-0.05, 0) is 25.3 Å². The van der Waals surface area contributed by atoms with E-state index >= 15 is 0 Å². The molecule has 5 heteroatoms. The third-order valence-electron chi connectivity index (χ3n) is 4.69. The van der Waals surface area contributed by atoms with Crippen molar-refractivity contribution < 1.29 is 14.3 Å². The first-order chi connectivity index (χ1) is 11.7. The number of hydrogen-bond donors (Lipinski definition) is 1. The summed E-state index contributed by atoms with van der Waals surface area (Å²) >= 11 is 0. The van der Waals surface area contributed by atoms with E-state index in [0.717, 1.165) is 69.9 Å². The number of nitrogens with zero attached hydrogens (tertiary/aromatic N) is 1. The molecule has 0 aliphatic carbocycles. The first-order valence-corrected chi connectivity index (χ1v) is 9.20. The Morgan fingerprint density at radius 3 is 2.67 bits per heavy atom. The van der Waals surface area contributed by atoms with Gasteiger partial charge in [-0.15, -0.1) is 0 Å². The third-order valence-corrected chi connectivity index (χ3v) is 4.69. The lowest BCUT2D eigenvalue weighted by molar-refractivity contribution is 0.198. The van der Waals surface area contributed by atoms with Crippen LogP contribution >= 0.6 is 0 Å². The fourth-order valence-corrected chi connectivity index (χ4v) is 3.61. The number of ether oxygens (including phenoxy) is 2. The Morgan fingerprint density at radius 1 is 1.17 bits per heavy atom. The quantitative estimate of drug-likeness (QED) is 0.835. The summed E-state index contributed by atoms with van der Waals surface area (Å²) in [5.74, 6) is 2.05. The molecule has 0 unspecified atom stereocenters. The monoisotopic (exact) mass is 332 g/mol. The summed E-state index contributed by atoms with van der Waals surface area (Å²) < 4.78 is 11.6. The standard InChI is InChI=1S/C19H28N2O3/c1-3-9-21(10-4-2)19(22)20-8-5-16-15-7-12-23-17(15)13-14-6-11-24-18(14)16/h13H,3-12H2,1-2H3,(H,20,22). The molecule has 1 aromatic carbocycles. The van der Waals surface area contributed by atoms with Crippen LogP contribution in [0.3, 0.4) is 0 Å². The topological polar surface area (TPSA) is 50.8 Å². The van der Waals surface area contributed by atoms with Crippen LogP contribution in [0.1, 0.15) is 43.4 Å². The zero-order valence-corrected chi connectivity index (χ0v) is 14.8. The smallest absolute Gasteiger partial charge is 0.317 e. The van der Waals surface area contributed by atoms with Crippen LogP contribution in [0.25, 0.3) is 0 Å². The second kappa shape index (κ2) is 7.77. The van der Waals surface area contributed by atoms with Crippen molar-refractivity contribution in [3.05, 3.63) is 22.8 Å². The average Bonchev–Trinajstić information content (AvgIpc) is 3.22. The van der Waals surface area contributed by atoms with Gasteiger partial charge in [0.15, 0.2) is 0 Å². The molecule has 2 aliphatic rings. The number of benzene rings is 1. The van der Waals surface area contributed by atoms with Crippen molar-refractivity contribution >= 4 is 6.03 Å². The second-order valence-electron chi connectivity index (χ2n) is 6.49. The number of carbonyl (C=O) groups excluding carboxylic acids is 1. The molecule has 0 bridgehead atoms. The van der Waals surface area contributed by atoms with Crippen LogP contribution in [-0.4, -0.2) is 43.8 Å². The van der Waals surface area contributed by atoms with Crippen molar-refractivity contribution in [1.82, 2.24) is 10.2 Å². The molecule has 1 aromatic rings. The molecule has 0 saturated heterocycles. The van der Waals surface area contributed by atoms with Gasteiger partial charge in [0, 0.05) is 49.2 Å². The van der Waals surface area contributed by atoms with Crippen molar-refractivity contribution in [3.8, 4) is 11.5 Å². The van der Waals surface area contributed by atoms with Crippen LogP contribution in [0.5, 0.6) is 11.5 Å². The zero-order valence-electron chi connectivity index (χ0n) is 14.8. The summed E-state index contributed by atoms with van der Waals surface area (Å²) in [6.45, 7) is 7.96. The molecule has 132 valence electrons. The molecule has 2 aliphatic heterocycles. The van der Waals surface area contributed by atoms with Gasteiger partial charge in [-0.25, -0.2) is 4.79 Å². The van der Waals surface area contributed by atoms with E-state index in [1.54, 1.807) is 0 Å². The molecule has 5 nitrogen and oxygen atoms in total. The van der Waals surface area contributed by atoms with Crippen molar-refractivity contribution in [1.29, 1.82) is 0 Å². The van der Waals surface area contributed by atoms with Gasteiger partial charge < -0.3 is 19.7 Å². The highest BCUT2D eigenvalue weighted by Gasteiger charge is 2.26. The Labute approximate surface area is 144 Å². The Balaban J connectivity index is 1.64. The fraction of sp³-hybridized carbons (Fsp3) is 0.632. The Bertz CT molecular complexity index is 563. The molecule has 0 spiro atoms.